The lowest BCUT2D eigenvalue weighted by molar-refractivity contribution is 0.0987. The van der Waals surface area contributed by atoms with Crippen molar-refractivity contribution in [2.24, 2.45) is 5.92 Å². The van der Waals surface area contributed by atoms with E-state index in [-0.39, 0.29) is 11.2 Å². The highest BCUT2D eigenvalue weighted by Crippen LogP contribution is 2.40. The van der Waals surface area contributed by atoms with Crippen LogP contribution in [0.4, 0.5) is 0 Å². The number of benzene rings is 1. The molecule has 1 aliphatic carbocycles. The van der Waals surface area contributed by atoms with Crippen molar-refractivity contribution in [1.29, 1.82) is 0 Å². The second kappa shape index (κ2) is 5.87. The first-order chi connectivity index (χ1) is 10.2. The predicted octanol–water partition coefficient (Wildman–Crippen LogP) is 5.95. The summed E-state index contributed by atoms with van der Waals surface area (Å²) in [6, 6.07) is 6.45. The van der Waals surface area contributed by atoms with Gasteiger partial charge in [0, 0.05) is 17.9 Å². The summed E-state index contributed by atoms with van der Waals surface area (Å²) in [7, 11) is 0. The molecule has 0 radical (unpaired) electrons. The van der Waals surface area contributed by atoms with Crippen molar-refractivity contribution in [2.75, 3.05) is 0 Å². The normalized spacial score (nSPS) is 18.7. The van der Waals surface area contributed by atoms with Crippen LogP contribution in [0.5, 0.6) is 0 Å². The zero-order chi connectivity index (χ0) is 16.7. The molecule has 0 bridgehead atoms. The summed E-state index contributed by atoms with van der Waals surface area (Å²) < 4.78 is 0. The molecule has 0 aromatic heterocycles. The largest absolute Gasteiger partial charge is 0.294 e. The number of rotatable bonds is 3. The zero-order valence-electron chi connectivity index (χ0n) is 15.0. The molecule has 2 rings (SSSR count). The molecule has 1 unspecified atom stereocenters. The molecular formula is C21H28O. The Hall–Kier alpha value is -1.63. The molecule has 1 atom stereocenters. The van der Waals surface area contributed by atoms with Crippen molar-refractivity contribution in [3.63, 3.8) is 0 Å². The number of ketones is 1. The first kappa shape index (κ1) is 16.7. The van der Waals surface area contributed by atoms with Crippen molar-refractivity contribution < 1.29 is 4.79 Å². The van der Waals surface area contributed by atoms with E-state index in [0.29, 0.717) is 12.3 Å². The Morgan fingerprint density at radius 3 is 2.27 bits per heavy atom. The summed E-state index contributed by atoms with van der Waals surface area (Å²) in [6.45, 7) is 15.1. The van der Waals surface area contributed by atoms with Gasteiger partial charge < -0.3 is 0 Å². The van der Waals surface area contributed by atoms with Crippen LogP contribution in [-0.4, -0.2) is 5.78 Å². The monoisotopic (exact) mass is 296 g/mol. The minimum absolute atomic E-state index is 0.0557. The fraction of sp³-hybridized carbons (Fsp3) is 0.476. The van der Waals surface area contributed by atoms with Crippen molar-refractivity contribution in [2.45, 2.75) is 60.3 Å². The van der Waals surface area contributed by atoms with Gasteiger partial charge in [0.15, 0.2) is 5.78 Å². The van der Waals surface area contributed by atoms with Gasteiger partial charge in [-0.2, -0.15) is 0 Å². The molecule has 0 spiro atoms. The fourth-order valence-electron chi connectivity index (χ4n) is 3.23. The van der Waals surface area contributed by atoms with E-state index in [1.807, 2.05) is 6.92 Å². The average Bonchev–Trinajstić information content (AvgIpc) is 2.69. The fourth-order valence-corrected chi connectivity index (χ4v) is 3.23. The molecule has 1 nitrogen and oxygen atoms in total. The Morgan fingerprint density at radius 2 is 1.82 bits per heavy atom. The third-order valence-corrected chi connectivity index (χ3v) is 4.78. The number of Topliss-reactive ketones (excluding diaryl/α,β-unsaturated/α-hetero) is 1. The van der Waals surface area contributed by atoms with E-state index in [4.69, 9.17) is 0 Å². The van der Waals surface area contributed by atoms with E-state index in [9.17, 15) is 4.79 Å². The Labute approximate surface area is 135 Å². The third-order valence-electron chi connectivity index (χ3n) is 4.78. The van der Waals surface area contributed by atoms with Gasteiger partial charge in [0.1, 0.15) is 0 Å². The summed E-state index contributed by atoms with van der Waals surface area (Å²) >= 11 is 0. The van der Waals surface area contributed by atoms with Crippen molar-refractivity contribution >= 4 is 11.4 Å². The van der Waals surface area contributed by atoms with Crippen LogP contribution in [0.3, 0.4) is 0 Å². The molecular weight excluding hydrogens is 268 g/mol. The highest BCUT2D eigenvalue weighted by atomic mass is 16.1. The Bertz CT molecular complexity index is 666. The first-order valence-electron chi connectivity index (χ1n) is 8.23. The molecule has 0 N–H and O–H groups in total. The maximum atomic E-state index is 12.5. The van der Waals surface area contributed by atoms with E-state index in [0.717, 1.165) is 11.1 Å². The van der Waals surface area contributed by atoms with E-state index >= 15 is 0 Å². The predicted molar refractivity (Wildman–Crippen MR) is 95.3 cm³/mol. The van der Waals surface area contributed by atoms with Gasteiger partial charge in [-0.1, -0.05) is 58.4 Å². The van der Waals surface area contributed by atoms with Gasteiger partial charge >= 0.3 is 0 Å². The topological polar surface area (TPSA) is 17.1 Å². The lowest BCUT2D eigenvalue weighted by Crippen LogP contribution is -2.14. The maximum absolute atomic E-state index is 12.5. The highest BCUT2D eigenvalue weighted by Gasteiger charge is 2.25. The standard InChI is InChI=1S/C21H28O/c1-8-19(22)18-12-16(21(5,6)7)9-10-17(18)20-14(3)11-13(2)15(20)4/h9-12,15H,8H2,1-7H3. The Kier molecular flexibility index (Phi) is 4.47. The molecule has 1 aromatic rings. The average molecular weight is 296 g/mol. The molecule has 1 aliphatic rings. The van der Waals surface area contributed by atoms with Crippen LogP contribution in [0.25, 0.3) is 5.57 Å². The molecule has 0 saturated carbocycles. The van der Waals surface area contributed by atoms with Crippen LogP contribution in [-0.2, 0) is 5.41 Å². The molecule has 0 saturated heterocycles. The van der Waals surface area contributed by atoms with Crippen molar-refractivity contribution in [3.05, 3.63) is 52.1 Å². The van der Waals surface area contributed by atoms with E-state index in [1.54, 1.807) is 0 Å². The smallest absolute Gasteiger partial charge is 0.163 e. The summed E-state index contributed by atoms with van der Waals surface area (Å²) in [4.78, 5) is 12.5. The van der Waals surface area contributed by atoms with Gasteiger partial charge in [0.2, 0.25) is 0 Å². The van der Waals surface area contributed by atoms with Crippen molar-refractivity contribution in [1.82, 2.24) is 0 Å². The van der Waals surface area contributed by atoms with Crippen LogP contribution < -0.4 is 0 Å². The number of allylic oxidation sites excluding steroid dienone is 4. The summed E-state index contributed by atoms with van der Waals surface area (Å²) in [5.41, 5.74) is 7.27. The summed E-state index contributed by atoms with van der Waals surface area (Å²) in [5, 5.41) is 0. The summed E-state index contributed by atoms with van der Waals surface area (Å²) in [6.07, 6.45) is 2.80. The Morgan fingerprint density at radius 1 is 1.18 bits per heavy atom. The molecule has 118 valence electrons. The molecule has 22 heavy (non-hydrogen) atoms. The minimum Gasteiger partial charge on any atom is -0.294 e. The number of hydrogen-bond acceptors (Lipinski definition) is 1. The number of carbonyl (C=O) groups is 1. The van der Waals surface area contributed by atoms with Gasteiger partial charge in [0.25, 0.3) is 0 Å². The highest BCUT2D eigenvalue weighted by molar-refractivity contribution is 6.02. The molecule has 1 heteroatoms. The SMILES string of the molecule is CCC(=O)c1cc(C(C)(C)C)ccc1C1=C(C)C=C(C)C1C. The lowest BCUT2D eigenvalue weighted by Gasteiger charge is -2.23. The number of hydrogen-bond donors (Lipinski definition) is 0. The molecule has 1 aromatic carbocycles. The van der Waals surface area contributed by atoms with Crippen LogP contribution in [0.15, 0.2) is 35.4 Å². The van der Waals surface area contributed by atoms with Gasteiger partial charge in [-0.25, -0.2) is 0 Å². The van der Waals surface area contributed by atoms with Gasteiger partial charge in [0.05, 0.1) is 0 Å². The van der Waals surface area contributed by atoms with Crippen LogP contribution >= 0.6 is 0 Å². The van der Waals surface area contributed by atoms with E-state index in [2.05, 4.69) is 65.8 Å². The first-order valence-corrected chi connectivity index (χ1v) is 8.23. The number of carbonyl (C=O) groups excluding carboxylic acids is 1. The second-order valence-electron chi connectivity index (χ2n) is 7.49. The van der Waals surface area contributed by atoms with Gasteiger partial charge in [-0.15, -0.1) is 0 Å². The van der Waals surface area contributed by atoms with Crippen molar-refractivity contribution in [3.8, 4) is 0 Å². The lowest BCUT2D eigenvalue weighted by atomic mass is 9.81. The quantitative estimate of drug-likeness (QED) is 0.630. The molecule has 0 aliphatic heterocycles. The van der Waals surface area contributed by atoms with E-state index < -0.39 is 0 Å². The van der Waals surface area contributed by atoms with E-state index in [1.165, 1.54) is 22.3 Å². The molecule has 0 heterocycles. The maximum Gasteiger partial charge on any atom is 0.163 e. The minimum atomic E-state index is 0.0557. The third kappa shape index (κ3) is 2.95. The van der Waals surface area contributed by atoms with Crippen LogP contribution in [0.1, 0.15) is 76.4 Å². The van der Waals surface area contributed by atoms with Gasteiger partial charge in [-0.3, -0.25) is 4.79 Å². The summed E-state index contributed by atoms with van der Waals surface area (Å²) in [5.74, 6) is 0.627. The molecule has 0 fully saturated rings. The zero-order valence-corrected chi connectivity index (χ0v) is 15.0. The van der Waals surface area contributed by atoms with Gasteiger partial charge in [-0.05, 0) is 47.6 Å². The Balaban J connectivity index is 2.63. The second-order valence-corrected chi connectivity index (χ2v) is 7.49. The van der Waals surface area contributed by atoms with Crippen LogP contribution in [0, 0.1) is 5.92 Å². The van der Waals surface area contributed by atoms with Crippen LogP contribution in [0.2, 0.25) is 0 Å². The molecule has 0 amide bonds.